The highest BCUT2D eigenvalue weighted by Crippen LogP contribution is 2.28. The molecular formula is C30H36FN3O5S. The fourth-order valence-electron chi connectivity index (χ4n) is 4.00. The smallest absolute Gasteiger partial charge is 0.264 e. The molecule has 0 unspecified atom stereocenters. The molecule has 0 aliphatic heterocycles. The number of hydrogen-bond donors (Lipinski definition) is 1. The molecule has 10 heteroatoms. The molecule has 3 rings (SSSR count). The molecule has 1 N–H and O–H groups in total. The predicted molar refractivity (Wildman–Crippen MR) is 153 cm³/mol. The number of aryl methyl sites for hydroxylation is 1. The Labute approximate surface area is 235 Å². The molecule has 2 amide bonds. The first kappa shape index (κ1) is 30.6. The van der Waals surface area contributed by atoms with Gasteiger partial charge in [-0.1, -0.05) is 42.0 Å². The van der Waals surface area contributed by atoms with Gasteiger partial charge in [0, 0.05) is 23.7 Å². The fourth-order valence-corrected chi connectivity index (χ4v) is 5.40. The highest BCUT2D eigenvalue weighted by atomic mass is 32.2. The number of anilines is 1. The van der Waals surface area contributed by atoms with Crippen LogP contribution >= 0.6 is 0 Å². The minimum Gasteiger partial charge on any atom is -0.497 e. The minimum absolute atomic E-state index is 0.00658. The van der Waals surface area contributed by atoms with Gasteiger partial charge in [-0.3, -0.25) is 13.9 Å². The second-order valence-electron chi connectivity index (χ2n) is 10.6. The van der Waals surface area contributed by atoms with Crippen LogP contribution < -0.4 is 14.4 Å². The first-order chi connectivity index (χ1) is 18.7. The Balaban J connectivity index is 2.07. The summed E-state index contributed by atoms with van der Waals surface area (Å²) in [5, 5.41) is 2.84. The van der Waals surface area contributed by atoms with Crippen molar-refractivity contribution in [3.05, 3.63) is 89.7 Å². The number of nitrogens with zero attached hydrogens (tertiary/aromatic N) is 2. The van der Waals surface area contributed by atoms with E-state index < -0.39 is 45.8 Å². The molecular weight excluding hydrogens is 533 g/mol. The average Bonchev–Trinajstić information content (AvgIpc) is 2.90. The molecule has 0 saturated carbocycles. The number of sulfonamides is 1. The van der Waals surface area contributed by atoms with E-state index in [0.717, 1.165) is 9.87 Å². The highest BCUT2D eigenvalue weighted by molar-refractivity contribution is 7.92. The summed E-state index contributed by atoms with van der Waals surface area (Å²) < 4.78 is 48.7. The normalized spacial score (nSPS) is 12.4. The molecule has 3 aromatic rings. The van der Waals surface area contributed by atoms with Crippen molar-refractivity contribution in [1.82, 2.24) is 10.2 Å². The Kier molecular flexibility index (Phi) is 9.57. The second-order valence-corrected chi connectivity index (χ2v) is 12.4. The van der Waals surface area contributed by atoms with Gasteiger partial charge in [0.1, 0.15) is 24.2 Å². The van der Waals surface area contributed by atoms with Crippen LogP contribution in [-0.2, 0) is 26.2 Å². The maximum absolute atomic E-state index is 14.6. The van der Waals surface area contributed by atoms with E-state index in [0.29, 0.717) is 5.75 Å². The lowest BCUT2D eigenvalue weighted by Gasteiger charge is -2.33. The molecule has 8 nitrogen and oxygen atoms in total. The van der Waals surface area contributed by atoms with Crippen molar-refractivity contribution in [2.45, 2.75) is 57.6 Å². The zero-order valence-corrected chi connectivity index (χ0v) is 24.5. The molecule has 0 radical (unpaired) electrons. The zero-order chi connectivity index (χ0) is 29.7. The van der Waals surface area contributed by atoms with E-state index in [4.69, 9.17) is 4.74 Å². The van der Waals surface area contributed by atoms with Gasteiger partial charge >= 0.3 is 0 Å². The van der Waals surface area contributed by atoms with Crippen LogP contribution in [0.25, 0.3) is 0 Å². The lowest BCUT2D eigenvalue weighted by atomic mass is 10.1. The summed E-state index contributed by atoms with van der Waals surface area (Å²) in [5.41, 5.74) is 0.684. The van der Waals surface area contributed by atoms with Gasteiger partial charge in [-0.15, -0.1) is 0 Å². The summed E-state index contributed by atoms with van der Waals surface area (Å²) in [4.78, 5) is 28.2. The lowest BCUT2D eigenvalue weighted by Crippen LogP contribution is -2.54. The van der Waals surface area contributed by atoms with Crippen LogP contribution in [0.5, 0.6) is 5.75 Å². The maximum atomic E-state index is 14.6. The zero-order valence-electron chi connectivity index (χ0n) is 23.6. The third kappa shape index (κ3) is 7.59. The molecule has 0 spiro atoms. The van der Waals surface area contributed by atoms with Crippen molar-refractivity contribution < 1.29 is 27.1 Å². The topological polar surface area (TPSA) is 96.0 Å². The van der Waals surface area contributed by atoms with Crippen LogP contribution in [0.15, 0.2) is 77.7 Å². The van der Waals surface area contributed by atoms with Gasteiger partial charge in [0.2, 0.25) is 11.8 Å². The average molecular weight is 570 g/mol. The summed E-state index contributed by atoms with van der Waals surface area (Å²) in [5.74, 6) is -1.28. The third-order valence-corrected chi connectivity index (χ3v) is 7.98. The Hall–Kier alpha value is -3.92. The first-order valence-electron chi connectivity index (χ1n) is 12.8. The molecule has 3 aromatic carbocycles. The molecule has 0 aliphatic carbocycles. The molecule has 40 heavy (non-hydrogen) atoms. The number of carbonyl (C=O) groups excluding carboxylic acids is 2. The van der Waals surface area contributed by atoms with Crippen LogP contribution in [-0.4, -0.2) is 50.4 Å². The van der Waals surface area contributed by atoms with Crippen LogP contribution in [0.3, 0.4) is 0 Å². The monoisotopic (exact) mass is 569 g/mol. The molecule has 214 valence electrons. The minimum atomic E-state index is -4.22. The van der Waals surface area contributed by atoms with Gasteiger partial charge < -0.3 is 15.0 Å². The van der Waals surface area contributed by atoms with Gasteiger partial charge in [0.15, 0.2) is 0 Å². The summed E-state index contributed by atoms with van der Waals surface area (Å²) in [7, 11) is -2.77. The Bertz CT molecular complexity index is 1450. The quantitative estimate of drug-likeness (QED) is 0.383. The predicted octanol–water partition coefficient (Wildman–Crippen LogP) is 4.67. The Morgan fingerprint density at radius 3 is 2.25 bits per heavy atom. The van der Waals surface area contributed by atoms with E-state index in [1.54, 1.807) is 57.2 Å². The number of halogens is 1. The van der Waals surface area contributed by atoms with Gasteiger partial charge in [-0.25, -0.2) is 12.8 Å². The number of methoxy groups -OCH3 is 1. The number of hydrogen-bond acceptors (Lipinski definition) is 5. The first-order valence-corrected chi connectivity index (χ1v) is 14.3. The number of rotatable bonds is 10. The number of benzene rings is 3. The van der Waals surface area contributed by atoms with Crippen LogP contribution in [0, 0.1) is 12.7 Å². The molecule has 0 heterocycles. The van der Waals surface area contributed by atoms with Crippen molar-refractivity contribution in [2.75, 3.05) is 18.0 Å². The lowest BCUT2D eigenvalue weighted by molar-refractivity contribution is -0.140. The number of nitrogens with one attached hydrogen (secondary N) is 1. The van der Waals surface area contributed by atoms with Crippen molar-refractivity contribution in [3.8, 4) is 5.75 Å². The Morgan fingerprint density at radius 2 is 1.65 bits per heavy atom. The van der Waals surface area contributed by atoms with Crippen LogP contribution in [0.4, 0.5) is 10.1 Å². The Morgan fingerprint density at radius 1 is 1.00 bits per heavy atom. The maximum Gasteiger partial charge on any atom is 0.264 e. The van der Waals surface area contributed by atoms with E-state index in [-0.39, 0.29) is 22.7 Å². The van der Waals surface area contributed by atoms with Gasteiger partial charge in [0.25, 0.3) is 10.0 Å². The SMILES string of the molecule is COc1cccc(N(CC(=O)N(Cc2ccccc2F)[C@@H](C)C(=O)NC(C)(C)C)S(=O)(=O)c2ccc(C)cc2)c1. The molecule has 0 bridgehead atoms. The van der Waals surface area contributed by atoms with Crippen molar-refractivity contribution in [3.63, 3.8) is 0 Å². The largest absolute Gasteiger partial charge is 0.497 e. The number of amides is 2. The molecule has 0 aromatic heterocycles. The standard InChI is InChI=1S/C30H36FN3O5S/c1-21-14-16-26(17-15-21)40(37,38)34(24-11-9-12-25(18-24)39-6)20-28(35)33(19-23-10-7-8-13-27(23)31)22(2)29(36)32-30(3,4)5/h7-18,22H,19-20H2,1-6H3,(H,32,36)/t22-/m0/s1. The third-order valence-electron chi connectivity index (χ3n) is 6.19. The number of ether oxygens (including phenoxy) is 1. The molecule has 0 saturated heterocycles. The van der Waals surface area contributed by atoms with E-state index in [9.17, 15) is 22.4 Å². The summed E-state index contributed by atoms with van der Waals surface area (Å²) in [6.07, 6.45) is 0. The van der Waals surface area contributed by atoms with E-state index >= 15 is 0 Å². The van der Waals surface area contributed by atoms with Crippen molar-refractivity contribution in [2.24, 2.45) is 0 Å². The highest BCUT2D eigenvalue weighted by Gasteiger charge is 2.33. The molecule has 0 fully saturated rings. The summed E-state index contributed by atoms with van der Waals surface area (Å²) in [6, 6.07) is 17.5. The summed E-state index contributed by atoms with van der Waals surface area (Å²) in [6.45, 7) is 7.91. The summed E-state index contributed by atoms with van der Waals surface area (Å²) >= 11 is 0. The van der Waals surface area contributed by atoms with Gasteiger partial charge in [-0.2, -0.15) is 0 Å². The second kappa shape index (κ2) is 12.5. The van der Waals surface area contributed by atoms with Gasteiger partial charge in [0.05, 0.1) is 17.7 Å². The van der Waals surface area contributed by atoms with Crippen LogP contribution in [0.1, 0.15) is 38.8 Å². The number of carbonyl (C=O) groups is 2. The van der Waals surface area contributed by atoms with Crippen molar-refractivity contribution >= 4 is 27.5 Å². The van der Waals surface area contributed by atoms with E-state index in [2.05, 4.69) is 5.32 Å². The van der Waals surface area contributed by atoms with E-state index in [1.165, 1.54) is 55.3 Å². The molecule has 0 aliphatic rings. The van der Waals surface area contributed by atoms with Gasteiger partial charge in [-0.05, 0) is 65.0 Å². The van der Waals surface area contributed by atoms with Crippen molar-refractivity contribution in [1.29, 1.82) is 0 Å². The van der Waals surface area contributed by atoms with E-state index in [1.807, 2.05) is 6.92 Å². The molecule has 1 atom stereocenters. The fraction of sp³-hybridized carbons (Fsp3) is 0.333. The van der Waals surface area contributed by atoms with Crippen LogP contribution in [0.2, 0.25) is 0 Å².